The Balaban J connectivity index is 1.30. The summed E-state index contributed by atoms with van der Waals surface area (Å²) < 4.78 is 1.60. The number of rotatable bonds is 5. The van der Waals surface area contributed by atoms with Crippen molar-refractivity contribution < 1.29 is 0 Å². The molecule has 2 aromatic heterocycles. The van der Waals surface area contributed by atoms with Crippen LogP contribution in [0.5, 0.6) is 0 Å². The van der Waals surface area contributed by atoms with Gasteiger partial charge in [0.1, 0.15) is 0 Å². The molecular formula is C16H20N4OS. The maximum Gasteiger partial charge on any atom is 0.266 e. The van der Waals surface area contributed by atoms with Gasteiger partial charge in [-0.25, -0.2) is 9.67 Å². The molecule has 1 aliphatic carbocycles. The minimum Gasteiger partial charge on any atom is -0.297 e. The van der Waals surface area contributed by atoms with E-state index in [0.29, 0.717) is 5.92 Å². The first kappa shape index (κ1) is 14.1. The first-order chi connectivity index (χ1) is 10.7. The minimum absolute atomic E-state index is 0.00220. The molecule has 0 aromatic carbocycles. The summed E-state index contributed by atoms with van der Waals surface area (Å²) in [6, 6.07) is 3.37. The van der Waals surface area contributed by atoms with E-state index in [-0.39, 0.29) is 5.56 Å². The van der Waals surface area contributed by atoms with Crippen LogP contribution in [0.2, 0.25) is 0 Å². The van der Waals surface area contributed by atoms with Crippen molar-refractivity contribution in [1.29, 1.82) is 0 Å². The fourth-order valence-electron chi connectivity index (χ4n) is 2.99. The Hall–Kier alpha value is -1.53. The quantitative estimate of drug-likeness (QED) is 0.847. The van der Waals surface area contributed by atoms with Crippen molar-refractivity contribution >= 4 is 11.3 Å². The van der Waals surface area contributed by atoms with E-state index in [1.807, 2.05) is 18.3 Å². The van der Waals surface area contributed by atoms with Crippen LogP contribution in [-0.4, -0.2) is 32.8 Å². The maximum atomic E-state index is 11.8. The predicted octanol–water partition coefficient (Wildman–Crippen LogP) is 2.02. The molecule has 0 amide bonds. The topological polar surface area (TPSA) is 51.0 Å². The first-order valence-corrected chi connectivity index (χ1v) is 8.77. The van der Waals surface area contributed by atoms with Crippen LogP contribution in [0, 0.1) is 12.8 Å². The molecule has 1 saturated heterocycles. The van der Waals surface area contributed by atoms with E-state index >= 15 is 0 Å². The van der Waals surface area contributed by atoms with E-state index in [1.54, 1.807) is 16.8 Å². The van der Waals surface area contributed by atoms with Gasteiger partial charge in [-0.15, -0.1) is 11.3 Å². The Bertz CT molecular complexity index is 728. The third kappa shape index (κ3) is 2.98. The molecule has 0 atom stereocenters. The minimum atomic E-state index is -0.00220. The van der Waals surface area contributed by atoms with Crippen molar-refractivity contribution in [3.63, 3.8) is 0 Å². The van der Waals surface area contributed by atoms with Crippen LogP contribution in [0.25, 0.3) is 0 Å². The highest BCUT2D eigenvalue weighted by atomic mass is 32.1. The lowest BCUT2D eigenvalue weighted by molar-refractivity contribution is 0.0754. The summed E-state index contributed by atoms with van der Waals surface area (Å²) in [7, 11) is 0. The number of hydrogen-bond donors (Lipinski definition) is 0. The van der Waals surface area contributed by atoms with Gasteiger partial charge in [0, 0.05) is 42.9 Å². The standard InChI is InChI=1S/C16H20N4OS/c1-11-2-5-15(21)20(18-11)8-12-6-19(7-12)9-14-10-22-16(17-14)13-3-4-13/h2,5,10,12-13H,3-4,6-9H2,1H3. The van der Waals surface area contributed by atoms with Crippen LogP contribution in [-0.2, 0) is 13.1 Å². The lowest BCUT2D eigenvalue weighted by atomic mass is 10.00. The van der Waals surface area contributed by atoms with Crippen molar-refractivity contribution in [3.8, 4) is 0 Å². The van der Waals surface area contributed by atoms with Crippen LogP contribution in [0.3, 0.4) is 0 Å². The Labute approximate surface area is 133 Å². The molecule has 2 aliphatic rings. The van der Waals surface area contributed by atoms with Crippen molar-refractivity contribution in [2.24, 2.45) is 5.92 Å². The SMILES string of the molecule is Cc1ccc(=O)n(CC2CN(Cc3csc(C4CC4)n3)C2)n1. The lowest BCUT2D eigenvalue weighted by Crippen LogP contribution is -2.48. The van der Waals surface area contributed by atoms with Gasteiger partial charge in [-0.05, 0) is 25.8 Å². The van der Waals surface area contributed by atoms with Gasteiger partial charge in [0.15, 0.2) is 0 Å². The zero-order valence-electron chi connectivity index (χ0n) is 12.7. The Morgan fingerprint density at radius 2 is 2.14 bits per heavy atom. The average Bonchev–Trinajstić information content (AvgIpc) is 3.20. The summed E-state index contributed by atoms with van der Waals surface area (Å²) in [5.74, 6) is 1.27. The summed E-state index contributed by atoms with van der Waals surface area (Å²) in [6.45, 7) is 5.64. The molecule has 0 unspecified atom stereocenters. The Morgan fingerprint density at radius 3 is 2.91 bits per heavy atom. The van der Waals surface area contributed by atoms with Crippen LogP contribution >= 0.6 is 11.3 Å². The van der Waals surface area contributed by atoms with E-state index in [1.165, 1.54) is 23.5 Å². The lowest BCUT2D eigenvalue weighted by Gasteiger charge is -2.38. The molecule has 22 heavy (non-hydrogen) atoms. The maximum absolute atomic E-state index is 11.8. The van der Waals surface area contributed by atoms with Crippen LogP contribution in [0.4, 0.5) is 0 Å². The van der Waals surface area contributed by atoms with Crippen molar-refractivity contribution in [1.82, 2.24) is 19.7 Å². The van der Waals surface area contributed by atoms with Gasteiger partial charge in [-0.1, -0.05) is 0 Å². The smallest absolute Gasteiger partial charge is 0.266 e. The molecule has 6 heteroatoms. The van der Waals surface area contributed by atoms with Gasteiger partial charge < -0.3 is 0 Å². The largest absolute Gasteiger partial charge is 0.297 e. The highest BCUT2D eigenvalue weighted by Crippen LogP contribution is 2.41. The highest BCUT2D eigenvalue weighted by molar-refractivity contribution is 7.09. The molecule has 5 nitrogen and oxygen atoms in total. The van der Waals surface area contributed by atoms with E-state index in [0.717, 1.165) is 37.8 Å². The van der Waals surface area contributed by atoms with E-state index in [4.69, 9.17) is 4.98 Å². The fraction of sp³-hybridized carbons (Fsp3) is 0.562. The zero-order chi connectivity index (χ0) is 15.1. The molecule has 0 radical (unpaired) electrons. The first-order valence-electron chi connectivity index (χ1n) is 7.89. The third-order valence-electron chi connectivity index (χ3n) is 4.35. The van der Waals surface area contributed by atoms with E-state index in [2.05, 4.69) is 15.4 Å². The van der Waals surface area contributed by atoms with Crippen LogP contribution < -0.4 is 5.56 Å². The fourth-order valence-corrected chi connectivity index (χ4v) is 3.97. The molecule has 1 saturated carbocycles. The Kier molecular flexibility index (Phi) is 3.58. The molecule has 3 heterocycles. The number of nitrogens with zero attached hydrogens (tertiary/aromatic N) is 4. The number of likely N-dealkylation sites (tertiary alicyclic amines) is 1. The normalized spacial score (nSPS) is 19.3. The predicted molar refractivity (Wildman–Crippen MR) is 86.1 cm³/mol. The molecule has 0 N–H and O–H groups in total. The second-order valence-corrected chi connectivity index (χ2v) is 7.40. The van der Waals surface area contributed by atoms with Gasteiger partial charge in [0.05, 0.1) is 22.9 Å². The summed E-state index contributed by atoms with van der Waals surface area (Å²) >= 11 is 1.81. The number of thiazole rings is 1. The molecular weight excluding hydrogens is 296 g/mol. The second-order valence-electron chi connectivity index (χ2n) is 6.51. The second kappa shape index (κ2) is 5.59. The number of aromatic nitrogens is 3. The van der Waals surface area contributed by atoms with Gasteiger partial charge >= 0.3 is 0 Å². The Morgan fingerprint density at radius 1 is 1.32 bits per heavy atom. The zero-order valence-corrected chi connectivity index (χ0v) is 13.6. The molecule has 0 spiro atoms. The molecule has 1 aliphatic heterocycles. The van der Waals surface area contributed by atoms with Crippen LogP contribution in [0.15, 0.2) is 22.3 Å². The summed E-state index contributed by atoms with van der Waals surface area (Å²) in [6.07, 6.45) is 2.63. The summed E-state index contributed by atoms with van der Waals surface area (Å²) in [5, 5.41) is 7.83. The molecule has 2 aromatic rings. The van der Waals surface area contributed by atoms with Crippen molar-refractivity contribution in [2.75, 3.05) is 13.1 Å². The van der Waals surface area contributed by atoms with Crippen LogP contribution in [0.1, 0.15) is 35.2 Å². The highest BCUT2D eigenvalue weighted by Gasteiger charge is 2.30. The van der Waals surface area contributed by atoms with Gasteiger partial charge in [-0.3, -0.25) is 9.69 Å². The molecule has 116 valence electrons. The number of aryl methyl sites for hydroxylation is 1. The molecule has 4 rings (SSSR count). The van der Waals surface area contributed by atoms with Gasteiger partial charge in [0.25, 0.3) is 5.56 Å². The third-order valence-corrected chi connectivity index (χ3v) is 5.40. The van der Waals surface area contributed by atoms with Crippen molar-refractivity contribution in [3.05, 3.63) is 44.3 Å². The van der Waals surface area contributed by atoms with Gasteiger partial charge in [-0.2, -0.15) is 5.10 Å². The number of hydrogen-bond acceptors (Lipinski definition) is 5. The summed E-state index contributed by atoms with van der Waals surface area (Å²) in [4.78, 5) is 18.9. The molecule has 2 fully saturated rings. The van der Waals surface area contributed by atoms with E-state index < -0.39 is 0 Å². The molecule has 0 bridgehead atoms. The van der Waals surface area contributed by atoms with E-state index in [9.17, 15) is 4.79 Å². The average molecular weight is 316 g/mol. The van der Waals surface area contributed by atoms with Gasteiger partial charge in [0.2, 0.25) is 0 Å². The monoisotopic (exact) mass is 316 g/mol. The summed E-state index contributed by atoms with van der Waals surface area (Å²) in [5.41, 5.74) is 2.10. The van der Waals surface area contributed by atoms with Crippen molar-refractivity contribution in [2.45, 2.75) is 38.8 Å².